The minimum Gasteiger partial charge on any atom is -0.378 e. The van der Waals surface area contributed by atoms with Crippen LogP contribution in [0.25, 0.3) is 0 Å². The van der Waals surface area contributed by atoms with E-state index in [-0.39, 0.29) is 5.91 Å². The van der Waals surface area contributed by atoms with Gasteiger partial charge in [0.1, 0.15) is 0 Å². The first-order chi connectivity index (χ1) is 8.54. The van der Waals surface area contributed by atoms with Crippen molar-refractivity contribution in [2.45, 2.75) is 20.3 Å². The lowest BCUT2D eigenvalue weighted by Gasteiger charge is -2.15. The summed E-state index contributed by atoms with van der Waals surface area (Å²) < 4.78 is 0. The molecule has 0 bridgehead atoms. The molecule has 0 heterocycles. The molecule has 0 aromatic heterocycles. The van der Waals surface area contributed by atoms with Crippen LogP contribution in [0.2, 0.25) is 0 Å². The van der Waals surface area contributed by atoms with E-state index < -0.39 is 0 Å². The van der Waals surface area contributed by atoms with E-state index in [9.17, 15) is 4.79 Å². The summed E-state index contributed by atoms with van der Waals surface area (Å²) in [6.07, 6.45) is 0.503. The lowest BCUT2D eigenvalue weighted by Crippen LogP contribution is -2.21. The van der Waals surface area contributed by atoms with Crippen molar-refractivity contribution in [2.24, 2.45) is 0 Å². The molecule has 1 amide bonds. The Labute approximate surface area is 109 Å². The number of nitrogens with one attached hydrogen (secondary N) is 2. The molecule has 0 spiro atoms. The van der Waals surface area contributed by atoms with Gasteiger partial charge in [0.05, 0.1) is 0 Å². The molecule has 4 heteroatoms. The van der Waals surface area contributed by atoms with Crippen LogP contribution in [-0.2, 0) is 4.79 Å². The van der Waals surface area contributed by atoms with Crippen LogP contribution in [0.5, 0.6) is 0 Å². The summed E-state index contributed by atoms with van der Waals surface area (Å²) in [5.41, 5.74) is 3.11. The van der Waals surface area contributed by atoms with Gasteiger partial charge in [-0.05, 0) is 37.2 Å². The first kappa shape index (κ1) is 14.5. The van der Waals surface area contributed by atoms with Gasteiger partial charge in [-0.2, -0.15) is 0 Å². The molecule has 1 rings (SSSR count). The van der Waals surface area contributed by atoms with Gasteiger partial charge >= 0.3 is 0 Å². The van der Waals surface area contributed by atoms with Crippen LogP contribution >= 0.6 is 0 Å². The van der Waals surface area contributed by atoms with Gasteiger partial charge in [-0.3, -0.25) is 4.79 Å². The van der Waals surface area contributed by atoms with E-state index in [4.69, 9.17) is 0 Å². The van der Waals surface area contributed by atoms with Crippen molar-refractivity contribution in [1.82, 2.24) is 5.32 Å². The van der Waals surface area contributed by atoms with Crippen LogP contribution in [0, 0.1) is 6.92 Å². The maximum Gasteiger partial charge on any atom is 0.225 e. The Morgan fingerprint density at radius 3 is 2.61 bits per heavy atom. The Bertz CT molecular complexity index is 402. The molecule has 0 fully saturated rings. The Kier molecular flexibility index (Phi) is 5.65. The van der Waals surface area contributed by atoms with Gasteiger partial charge in [0, 0.05) is 38.4 Å². The predicted molar refractivity (Wildman–Crippen MR) is 77.3 cm³/mol. The molecule has 1 aromatic rings. The van der Waals surface area contributed by atoms with Crippen molar-refractivity contribution < 1.29 is 4.79 Å². The molecule has 2 N–H and O–H groups in total. The molecule has 4 nitrogen and oxygen atoms in total. The zero-order chi connectivity index (χ0) is 13.5. The highest BCUT2D eigenvalue weighted by molar-refractivity contribution is 5.91. The number of carbonyl (C=O) groups is 1. The molecule has 0 saturated heterocycles. The summed E-state index contributed by atoms with van der Waals surface area (Å²) in [5, 5.41) is 6.07. The summed E-state index contributed by atoms with van der Waals surface area (Å²) in [6, 6.07) is 6.03. The second-order valence-corrected chi connectivity index (χ2v) is 4.55. The number of amides is 1. The minimum atomic E-state index is 0.0525. The standard InChI is InChI=1S/C14H23N3O/c1-5-15-9-8-14(18)16-13-7-6-12(17(3)4)10-11(13)2/h6-7,10,15H,5,8-9H2,1-4H3,(H,16,18). The molecule has 0 aliphatic heterocycles. The van der Waals surface area contributed by atoms with Crippen LogP contribution in [0.3, 0.4) is 0 Å². The molecule has 0 aliphatic carbocycles. The van der Waals surface area contributed by atoms with Gasteiger partial charge in [-0.25, -0.2) is 0 Å². The van der Waals surface area contributed by atoms with Crippen molar-refractivity contribution in [2.75, 3.05) is 37.4 Å². The molecule has 18 heavy (non-hydrogen) atoms. The summed E-state index contributed by atoms with van der Waals surface area (Å²) in [6.45, 7) is 5.65. The second kappa shape index (κ2) is 7.01. The summed E-state index contributed by atoms with van der Waals surface area (Å²) in [7, 11) is 4.01. The van der Waals surface area contributed by atoms with Gasteiger partial charge in [0.2, 0.25) is 5.91 Å². The van der Waals surface area contributed by atoms with Gasteiger partial charge in [-0.1, -0.05) is 6.92 Å². The van der Waals surface area contributed by atoms with E-state index in [0.29, 0.717) is 6.42 Å². The number of rotatable bonds is 6. The molecule has 100 valence electrons. The maximum absolute atomic E-state index is 11.7. The normalized spacial score (nSPS) is 10.2. The molecule has 1 aromatic carbocycles. The number of aryl methyl sites for hydroxylation is 1. The lowest BCUT2D eigenvalue weighted by atomic mass is 10.1. The van der Waals surface area contributed by atoms with Crippen LogP contribution in [0.4, 0.5) is 11.4 Å². The highest BCUT2D eigenvalue weighted by Crippen LogP contribution is 2.21. The lowest BCUT2D eigenvalue weighted by molar-refractivity contribution is -0.116. The van der Waals surface area contributed by atoms with E-state index in [1.165, 1.54) is 0 Å². The highest BCUT2D eigenvalue weighted by atomic mass is 16.1. The van der Waals surface area contributed by atoms with Crippen LogP contribution in [0.1, 0.15) is 18.9 Å². The van der Waals surface area contributed by atoms with Crippen molar-refractivity contribution >= 4 is 17.3 Å². The molecule has 0 radical (unpaired) electrons. The monoisotopic (exact) mass is 249 g/mol. The average molecular weight is 249 g/mol. The van der Waals surface area contributed by atoms with Gasteiger partial charge < -0.3 is 15.5 Å². The number of hydrogen-bond donors (Lipinski definition) is 2. The third-order valence-corrected chi connectivity index (χ3v) is 2.78. The van der Waals surface area contributed by atoms with Crippen LogP contribution in [-0.4, -0.2) is 33.1 Å². The first-order valence-corrected chi connectivity index (χ1v) is 6.33. The second-order valence-electron chi connectivity index (χ2n) is 4.55. The number of carbonyl (C=O) groups excluding carboxylic acids is 1. The van der Waals surface area contributed by atoms with Crippen molar-refractivity contribution in [3.63, 3.8) is 0 Å². The van der Waals surface area contributed by atoms with Crippen molar-refractivity contribution in [3.05, 3.63) is 23.8 Å². The molecular weight excluding hydrogens is 226 g/mol. The zero-order valence-corrected chi connectivity index (χ0v) is 11.7. The van der Waals surface area contributed by atoms with E-state index in [0.717, 1.165) is 30.0 Å². The van der Waals surface area contributed by atoms with Crippen molar-refractivity contribution in [1.29, 1.82) is 0 Å². The van der Waals surface area contributed by atoms with Gasteiger partial charge in [0.25, 0.3) is 0 Å². The van der Waals surface area contributed by atoms with E-state index in [1.54, 1.807) is 0 Å². The fourth-order valence-corrected chi connectivity index (χ4v) is 1.66. The summed E-state index contributed by atoms with van der Waals surface area (Å²) in [4.78, 5) is 13.7. The zero-order valence-electron chi connectivity index (χ0n) is 11.7. The number of anilines is 2. The van der Waals surface area contributed by atoms with Crippen molar-refractivity contribution in [3.8, 4) is 0 Å². The fraction of sp³-hybridized carbons (Fsp3) is 0.500. The average Bonchev–Trinajstić information content (AvgIpc) is 2.32. The summed E-state index contributed by atoms with van der Waals surface area (Å²) >= 11 is 0. The van der Waals surface area contributed by atoms with Gasteiger partial charge in [0.15, 0.2) is 0 Å². The fourth-order valence-electron chi connectivity index (χ4n) is 1.66. The molecule has 0 atom stereocenters. The Hall–Kier alpha value is -1.55. The van der Waals surface area contributed by atoms with Crippen LogP contribution in [0.15, 0.2) is 18.2 Å². The smallest absolute Gasteiger partial charge is 0.225 e. The number of hydrogen-bond acceptors (Lipinski definition) is 3. The largest absolute Gasteiger partial charge is 0.378 e. The van der Waals surface area contributed by atoms with Crippen LogP contribution < -0.4 is 15.5 Å². The van der Waals surface area contributed by atoms with Gasteiger partial charge in [-0.15, -0.1) is 0 Å². The number of nitrogens with zero attached hydrogens (tertiary/aromatic N) is 1. The topological polar surface area (TPSA) is 44.4 Å². The third-order valence-electron chi connectivity index (χ3n) is 2.78. The quantitative estimate of drug-likeness (QED) is 0.758. The minimum absolute atomic E-state index is 0.0525. The SMILES string of the molecule is CCNCCC(=O)Nc1ccc(N(C)C)cc1C. The third kappa shape index (κ3) is 4.37. The van der Waals surface area contributed by atoms with E-state index >= 15 is 0 Å². The summed E-state index contributed by atoms with van der Waals surface area (Å²) in [5.74, 6) is 0.0525. The first-order valence-electron chi connectivity index (χ1n) is 6.33. The molecule has 0 unspecified atom stereocenters. The highest BCUT2D eigenvalue weighted by Gasteiger charge is 2.05. The Morgan fingerprint density at radius 2 is 2.06 bits per heavy atom. The van der Waals surface area contributed by atoms with E-state index in [2.05, 4.69) is 16.7 Å². The Morgan fingerprint density at radius 1 is 1.33 bits per heavy atom. The number of benzene rings is 1. The predicted octanol–water partition coefficient (Wildman–Crippen LogP) is 2.00. The molecular formula is C14H23N3O. The Balaban J connectivity index is 2.59. The molecule has 0 saturated carbocycles. The molecule has 0 aliphatic rings. The van der Waals surface area contributed by atoms with E-state index in [1.807, 2.05) is 45.0 Å². The maximum atomic E-state index is 11.7.